The number of carbonyl (C=O) groups is 1. The van der Waals surface area contributed by atoms with Crippen molar-refractivity contribution in [1.82, 2.24) is 20.3 Å². The van der Waals surface area contributed by atoms with Crippen LogP contribution in [0, 0.1) is 6.92 Å². The number of amides is 1. The normalized spacial score (nSPS) is 16.1. The van der Waals surface area contributed by atoms with Crippen LogP contribution in [0.3, 0.4) is 0 Å². The predicted molar refractivity (Wildman–Crippen MR) is 106 cm³/mol. The van der Waals surface area contributed by atoms with E-state index in [0.717, 1.165) is 46.6 Å². The number of benzene rings is 1. The van der Waals surface area contributed by atoms with Gasteiger partial charge in [0.2, 0.25) is 5.91 Å². The molecule has 0 spiro atoms. The maximum absolute atomic E-state index is 12.1. The molecule has 3 heterocycles. The van der Waals surface area contributed by atoms with E-state index < -0.39 is 0 Å². The number of pyridine rings is 1. The molecule has 1 fully saturated rings. The van der Waals surface area contributed by atoms with Crippen LogP contribution in [-0.2, 0) is 16.1 Å². The van der Waals surface area contributed by atoms with Gasteiger partial charge in [0.25, 0.3) is 0 Å². The van der Waals surface area contributed by atoms with Crippen molar-refractivity contribution in [2.45, 2.75) is 32.4 Å². The van der Waals surface area contributed by atoms with Crippen LogP contribution >= 0.6 is 0 Å². The van der Waals surface area contributed by atoms with Crippen molar-refractivity contribution >= 4 is 5.91 Å². The summed E-state index contributed by atoms with van der Waals surface area (Å²) in [6.07, 6.45) is 6.83. The summed E-state index contributed by atoms with van der Waals surface area (Å²) in [7, 11) is 0. The molecule has 0 aliphatic carbocycles. The molecule has 1 aliphatic rings. The first-order valence-electron chi connectivity index (χ1n) is 9.43. The second kappa shape index (κ2) is 8.27. The standard InChI is InChI=1S/C22H22N4O2/c1-15-24-14-19(17-8-10-23-11-9-17)21(26-15)18-6-4-16(5-7-18)13-25-22(27)20-3-2-12-28-20/h4-11,14,20H,2-3,12-13H2,1H3,(H,25,27)/t20-/m1/s1. The number of nitrogens with zero attached hydrogens (tertiary/aromatic N) is 3. The molecule has 28 heavy (non-hydrogen) atoms. The molecule has 6 nitrogen and oxygen atoms in total. The van der Waals surface area contributed by atoms with Crippen LogP contribution < -0.4 is 5.32 Å². The average molecular weight is 374 g/mol. The lowest BCUT2D eigenvalue weighted by atomic mass is 10.0. The Morgan fingerprint density at radius 1 is 1.14 bits per heavy atom. The van der Waals surface area contributed by atoms with E-state index in [2.05, 4.69) is 20.3 Å². The van der Waals surface area contributed by atoms with Gasteiger partial charge in [0.15, 0.2) is 0 Å². The zero-order chi connectivity index (χ0) is 19.3. The number of hydrogen-bond donors (Lipinski definition) is 1. The smallest absolute Gasteiger partial charge is 0.249 e. The lowest BCUT2D eigenvalue weighted by Crippen LogP contribution is -2.33. The SMILES string of the molecule is Cc1ncc(-c2ccncc2)c(-c2ccc(CNC(=O)[C@H]3CCCO3)cc2)n1. The Morgan fingerprint density at radius 3 is 2.64 bits per heavy atom. The average Bonchev–Trinajstić information content (AvgIpc) is 3.28. The van der Waals surface area contributed by atoms with Gasteiger partial charge >= 0.3 is 0 Å². The first-order valence-corrected chi connectivity index (χ1v) is 9.43. The molecule has 1 N–H and O–H groups in total. The van der Waals surface area contributed by atoms with Gasteiger partial charge in [-0.05, 0) is 43.0 Å². The van der Waals surface area contributed by atoms with Gasteiger partial charge in [-0.3, -0.25) is 9.78 Å². The van der Waals surface area contributed by atoms with Crippen molar-refractivity contribution in [3.8, 4) is 22.4 Å². The molecule has 1 amide bonds. The number of aryl methyl sites for hydroxylation is 1. The highest BCUT2D eigenvalue weighted by Crippen LogP contribution is 2.29. The topological polar surface area (TPSA) is 77.0 Å². The lowest BCUT2D eigenvalue weighted by Gasteiger charge is -2.12. The van der Waals surface area contributed by atoms with Gasteiger partial charge in [-0.1, -0.05) is 24.3 Å². The highest BCUT2D eigenvalue weighted by Gasteiger charge is 2.23. The Labute approximate surface area is 164 Å². The molecule has 0 saturated carbocycles. The summed E-state index contributed by atoms with van der Waals surface area (Å²) in [5, 5.41) is 2.95. The largest absolute Gasteiger partial charge is 0.368 e. The van der Waals surface area contributed by atoms with E-state index in [0.29, 0.717) is 13.2 Å². The van der Waals surface area contributed by atoms with Crippen LogP contribution in [0.2, 0.25) is 0 Å². The van der Waals surface area contributed by atoms with E-state index >= 15 is 0 Å². The van der Waals surface area contributed by atoms with E-state index in [1.165, 1.54) is 0 Å². The van der Waals surface area contributed by atoms with Gasteiger partial charge in [0.05, 0.1) is 5.69 Å². The third kappa shape index (κ3) is 4.07. The zero-order valence-electron chi connectivity index (χ0n) is 15.8. The third-order valence-corrected chi connectivity index (χ3v) is 4.82. The van der Waals surface area contributed by atoms with Gasteiger partial charge in [-0.15, -0.1) is 0 Å². The molecule has 2 aromatic heterocycles. The van der Waals surface area contributed by atoms with Crippen molar-refractivity contribution < 1.29 is 9.53 Å². The summed E-state index contributed by atoms with van der Waals surface area (Å²) in [5.41, 5.74) is 4.91. The Morgan fingerprint density at radius 2 is 1.93 bits per heavy atom. The van der Waals surface area contributed by atoms with Crippen molar-refractivity contribution in [2.24, 2.45) is 0 Å². The number of carbonyl (C=O) groups excluding carboxylic acids is 1. The van der Waals surface area contributed by atoms with Crippen molar-refractivity contribution in [3.63, 3.8) is 0 Å². The van der Waals surface area contributed by atoms with E-state index in [-0.39, 0.29) is 12.0 Å². The van der Waals surface area contributed by atoms with Crippen molar-refractivity contribution in [3.05, 3.63) is 66.4 Å². The maximum Gasteiger partial charge on any atom is 0.249 e. The minimum absolute atomic E-state index is 0.0343. The van der Waals surface area contributed by atoms with E-state index in [4.69, 9.17) is 4.74 Å². The van der Waals surface area contributed by atoms with E-state index in [9.17, 15) is 4.79 Å². The van der Waals surface area contributed by atoms with Gasteiger partial charge < -0.3 is 10.1 Å². The summed E-state index contributed by atoms with van der Waals surface area (Å²) in [6.45, 7) is 3.04. The Bertz CT molecular complexity index is 952. The molecule has 142 valence electrons. The summed E-state index contributed by atoms with van der Waals surface area (Å²) in [6, 6.07) is 12.0. The first-order chi connectivity index (χ1) is 13.7. The van der Waals surface area contributed by atoms with Crippen LogP contribution in [0.4, 0.5) is 0 Å². The minimum Gasteiger partial charge on any atom is -0.368 e. The summed E-state index contributed by atoms with van der Waals surface area (Å²) < 4.78 is 5.42. The fourth-order valence-electron chi connectivity index (χ4n) is 3.30. The van der Waals surface area contributed by atoms with Crippen LogP contribution in [0.25, 0.3) is 22.4 Å². The molecule has 1 aliphatic heterocycles. The van der Waals surface area contributed by atoms with Crippen LogP contribution in [0.1, 0.15) is 24.2 Å². The third-order valence-electron chi connectivity index (χ3n) is 4.82. The van der Waals surface area contributed by atoms with Gasteiger partial charge in [0.1, 0.15) is 11.9 Å². The number of hydrogen-bond acceptors (Lipinski definition) is 5. The molecule has 3 aromatic rings. The second-order valence-corrected chi connectivity index (χ2v) is 6.83. The number of rotatable bonds is 5. The molecular formula is C22H22N4O2. The van der Waals surface area contributed by atoms with Gasteiger partial charge in [-0.2, -0.15) is 0 Å². The molecule has 4 rings (SSSR count). The highest BCUT2D eigenvalue weighted by atomic mass is 16.5. The predicted octanol–water partition coefficient (Wildman–Crippen LogP) is 3.31. The molecule has 1 saturated heterocycles. The Kier molecular flexibility index (Phi) is 5.39. The van der Waals surface area contributed by atoms with Gasteiger partial charge in [-0.25, -0.2) is 9.97 Å². The first kappa shape index (κ1) is 18.3. The molecule has 1 atom stereocenters. The summed E-state index contributed by atoms with van der Waals surface area (Å²) in [4.78, 5) is 25.2. The summed E-state index contributed by atoms with van der Waals surface area (Å²) >= 11 is 0. The molecular weight excluding hydrogens is 352 g/mol. The lowest BCUT2D eigenvalue weighted by molar-refractivity contribution is -0.130. The summed E-state index contributed by atoms with van der Waals surface area (Å²) in [5.74, 6) is 0.689. The second-order valence-electron chi connectivity index (χ2n) is 6.83. The van der Waals surface area contributed by atoms with Crippen LogP contribution in [0.5, 0.6) is 0 Å². The van der Waals surface area contributed by atoms with Crippen molar-refractivity contribution in [2.75, 3.05) is 6.61 Å². The van der Waals surface area contributed by atoms with E-state index in [1.807, 2.05) is 49.5 Å². The van der Waals surface area contributed by atoms with E-state index in [1.54, 1.807) is 12.4 Å². The molecule has 0 unspecified atom stereocenters. The number of nitrogens with one attached hydrogen (secondary N) is 1. The molecule has 1 aromatic carbocycles. The Balaban J connectivity index is 1.52. The Hall–Kier alpha value is -3.12. The van der Waals surface area contributed by atoms with Crippen LogP contribution in [0.15, 0.2) is 55.0 Å². The monoisotopic (exact) mass is 374 g/mol. The zero-order valence-corrected chi connectivity index (χ0v) is 15.8. The molecule has 0 radical (unpaired) electrons. The van der Waals surface area contributed by atoms with Crippen LogP contribution in [-0.4, -0.2) is 33.6 Å². The fraction of sp³-hybridized carbons (Fsp3) is 0.273. The minimum atomic E-state index is -0.300. The molecule has 0 bridgehead atoms. The maximum atomic E-state index is 12.1. The number of ether oxygens (including phenoxy) is 1. The van der Waals surface area contributed by atoms with Gasteiger partial charge in [0, 0.05) is 42.9 Å². The highest BCUT2D eigenvalue weighted by molar-refractivity contribution is 5.81. The van der Waals surface area contributed by atoms with Crippen molar-refractivity contribution in [1.29, 1.82) is 0 Å². The fourth-order valence-corrected chi connectivity index (χ4v) is 3.30. The quantitative estimate of drug-likeness (QED) is 0.741. The number of aromatic nitrogens is 3. The molecule has 6 heteroatoms.